The summed E-state index contributed by atoms with van der Waals surface area (Å²) in [4.78, 5) is 10.8. The van der Waals surface area contributed by atoms with E-state index in [4.69, 9.17) is 15.4 Å². The number of hydrogen-bond acceptors (Lipinski definition) is 5. The van der Waals surface area contributed by atoms with Crippen molar-refractivity contribution in [2.45, 2.75) is 24.6 Å². The molecular weight excluding hydrogens is 344 g/mol. The molecule has 25 heavy (non-hydrogen) atoms. The van der Waals surface area contributed by atoms with Crippen LogP contribution in [-0.4, -0.2) is 26.0 Å². The summed E-state index contributed by atoms with van der Waals surface area (Å²) in [5.74, 6) is -1.75. The minimum absolute atomic E-state index is 0.183. The van der Waals surface area contributed by atoms with Gasteiger partial charge in [-0.25, -0.2) is 18.4 Å². The Kier molecular flexibility index (Phi) is 4.38. The molecule has 7 nitrogen and oxygen atoms in total. The minimum atomic E-state index is -4.47. The van der Waals surface area contributed by atoms with Crippen LogP contribution in [0.5, 0.6) is 11.5 Å². The van der Waals surface area contributed by atoms with E-state index in [9.17, 15) is 18.3 Å². The Balaban J connectivity index is 2.74. The van der Waals surface area contributed by atoms with Gasteiger partial charge in [0.1, 0.15) is 10.6 Å². The Bertz CT molecular complexity index is 1010. The maximum Gasteiger partial charge on any atom is 0.335 e. The van der Waals surface area contributed by atoms with E-state index in [1.807, 2.05) is 0 Å². The largest absolute Gasteiger partial charge is 0.478 e. The normalized spacial score (nSPS) is 14.6. The second-order valence-corrected chi connectivity index (χ2v) is 6.43. The molecule has 0 fully saturated rings. The molecule has 0 saturated heterocycles. The number of nitrogens with one attached hydrogen (secondary N) is 1. The SMILES string of the molecule is [2H]C([2H])(CC)C([2H])([2H])Nc1cc(C(=O)O)cc(S(N)(=O)=O)c1Oc1ccccc1. The first-order valence-electron chi connectivity index (χ1n) is 9.24. The molecule has 134 valence electrons. The van der Waals surface area contributed by atoms with Crippen LogP contribution in [0.15, 0.2) is 47.4 Å². The van der Waals surface area contributed by atoms with Crippen molar-refractivity contribution in [3.63, 3.8) is 0 Å². The van der Waals surface area contributed by atoms with E-state index in [0.717, 1.165) is 12.1 Å². The van der Waals surface area contributed by atoms with Crippen LogP contribution in [0, 0.1) is 0 Å². The fourth-order valence-electron chi connectivity index (χ4n) is 1.94. The Hall–Kier alpha value is -2.58. The number of para-hydroxylation sites is 1. The topological polar surface area (TPSA) is 119 Å². The first kappa shape index (κ1) is 13.7. The molecule has 2 aromatic carbocycles. The van der Waals surface area contributed by atoms with Crippen molar-refractivity contribution >= 4 is 21.7 Å². The van der Waals surface area contributed by atoms with Crippen LogP contribution in [0.1, 0.15) is 35.6 Å². The number of rotatable bonds is 8. The average molecular weight is 368 g/mol. The Morgan fingerprint density at radius 1 is 1.32 bits per heavy atom. The molecule has 0 unspecified atom stereocenters. The molecule has 2 rings (SSSR count). The van der Waals surface area contributed by atoms with E-state index in [2.05, 4.69) is 5.32 Å². The number of primary sulfonamides is 1. The summed E-state index contributed by atoms with van der Waals surface area (Å²) in [6.45, 7) is -1.26. The van der Waals surface area contributed by atoms with Gasteiger partial charge in [-0.2, -0.15) is 0 Å². The third kappa shape index (κ3) is 4.94. The maximum absolute atomic E-state index is 12.1. The summed E-state index contributed by atoms with van der Waals surface area (Å²) in [5.41, 5.74) is -0.870. The van der Waals surface area contributed by atoms with Gasteiger partial charge >= 0.3 is 5.97 Å². The Labute approximate surface area is 152 Å². The van der Waals surface area contributed by atoms with Crippen LogP contribution in [0.3, 0.4) is 0 Å². The zero-order valence-electron chi connectivity index (χ0n) is 17.3. The molecular formula is C17H20N2O5S. The summed E-state index contributed by atoms with van der Waals surface area (Å²) < 4.78 is 61.6. The lowest BCUT2D eigenvalue weighted by Crippen LogP contribution is -2.16. The highest BCUT2D eigenvalue weighted by molar-refractivity contribution is 7.89. The number of hydrogen-bond donors (Lipinski definition) is 3. The van der Waals surface area contributed by atoms with E-state index >= 15 is 0 Å². The highest BCUT2D eigenvalue weighted by atomic mass is 32.2. The van der Waals surface area contributed by atoms with Crippen LogP contribution in [-0.2, 0) is 10.0 Å². The van der Waals surface area contributed by atoms with Gasteiger partial charge in [0, 0.05) is 12.0 Å². The molecule has 0 heterocycles. The quantitative estimate of drug-likeness (QED) is 0.659. The van der Waals surface area contributed by atoms with Gasteiger partial charge in [-0.1, -0.05) is 31.5 Å². The zero-order valence-corrected chi connectivity index (χ0v) is 14.1. The van der Waals surface area contributed by atoms with Crippen molar-refractivity contribution in [2.24, 2.45) is 5.14 Å². The summed E-state index contributed by atoms with van der Waals surface area (Å²) in [6.07, 6.45) is -2.57. The van der Waals surface area contributed by atoms with E-state index in [1.54, 1.807) is 18.2 Å². The molecule has 0 aliphatic carbocycles. The second-order valence-electron chi connectivity index (χ2n) is 4.90. The lowest BCUT2D eigenvalue weighted by atomic mass is 10.1. The van der Waals surface area contributed by atoms with Crippen LogP contribution >= 0.6 is 0 Å². The van der Waals surface area contributed by atoms with Crippen molar-refractivity contribution in [3.05, 3.63) is 48.0 Å². The van der Waals surface area contributed by atoms with Gasteiger partial charge in [-0.3, -0.25) is 0 Å². The van der Waals surface area contributed by atoms with E-state index in [1.165, 1.54) is 19.1 Å². The number of carboxylic acids is 1. The van der Waals surface area contributed by atoms with Gasteiger partial charge in [0.05, 0.1) is 11.3 Å². The number of carboxylic acid groups (broad SMARTS) is 1. The predicted octanol–water partition coefficient (Wildman–Crippen LogP) is 3.04. The number of ether oxygens (including phenoxy) is 1. The second kappa shape index (κ2) is 8.00. The van der Waals surface area contributed by atoms with E-state index < -0.39 is 45.1 Å². The van der Waals surface area contributed by atoms with Crippen LogP contribution < -0.4 is 15.2 Å². The first-order chi connectivity index (χ1) is 13.3. The molecule has 0 aliphatic rings. The number of sulfonamides is 1. The van der Waals surface area contributed by atoms with Gasteiger partial charge in [-0.15, -0.1) is 0 Å². The molecule has 4 N–H and O–H groups in total. The van der Waals surface area contributed by atoms with Crippen molar-refractivity contribution in [1.29, 1.82) is 0 Å². The van der Waals surface area contributed by atoms with Crippen LogP contribution in [0.4, 0.5) is 5.69 Å². The molecule has 8 heteroatoms. The monoisotopic (exact) mass is 368 g/mol. The first-order valence-corrected chi connectivity index (χ1v) is 8.78. The zero-order chi connectivity index (χ0) is 22.0. The predicted molar refractivity (Wildman–Crippen MR) is 94.7 cm³/mol. The highest BCUT2D eigenvalue weighted by Crippen LogP contribution is 2.37. The molecule has 0 bridgehead atoms. The fraction of sp³-hybridized carbons (Fsp3) is 0.235. The molecule has 0 amide bonds. The molecule has 0 radical (unpaired) electrons. The number of nitrogens with two attached hydrogens (primary N) is 1. The number of carbonyl (C=O) groups is 1. The van der Waals surface area contributed by atoms with Crippen molar-refractivity contribution in [2.75, 3.05) is 11.8 Å². The molecule has 0 aliphatic heterocycles. The lowest BCUT2D eigenvalue weighted by Gasteiger charge is -2.17. The Morgan fingerprint density at radius 2 is 2.00 bits per heavy atom. The molecule has 0 saturated carbocycles. The van der Waals surface area contributed by atoms with Gasteiger partial charge in [-0.05, 0) is 30.6 Å². The van der Waals surface area contributed by atoms with E-state index in [0.29, 0.717) is 0 Å². The average Bonchev–Trinajstić information content (AvgIpc) is 2.62. The number of benzene rings is 2. The third-order valence-electron chi connectivity index (χ3n) is 3.03. The number of anilines is 1. The lowest BCUT2D eigenvalue weighted by molar-refractivity contribution is 0.0696. The van der Waals surface area contributed by atoms with Gasteiger partial charge < -0.3 is 15.2 Å². The van der Waals surface area contributed by atoms with Crippen molar-refractivity contribution in [1.82, 2.24) is 0 Å². The molecule has 2 aromatic rings. The molecule has 0 spiro atoms. The fourth-order valence-corrected chi connectivity index (χ4v) is 2.64. The van der Waals surface area contributed by atoms with Crippen LogP contribution in [0.2, 0.25) is 0 Å². The summed E-state index contributed by atoms with van der Waals surface area (Å²) in [5, 5.41) is 16.8. The van der Waals surface area contributed by atoms with Gasteiger partial charge in [0.15, 0.2) is 5.75 Å². The molecule has 0 atom stereocenters. The standard InChI is InChI=1S/C17H20N2O5S/c1-2-3-9-19-14-10-12(17(20)21)11-15(25(18,22)23)16(14)24-13-7-5-4-6-8-13/h4-8,10-11,19H,2-3,9H2,1H3,(H,20,21)(H2,18,22,23)/i3D2,9D2. The summed E-state index contributed by atoms with van der Waals surface area (Å²) in [7, 11) is -4.47. The summed E-state index contributed by atoms with van der Waals surface area (Å²) >= 11 is 0. The molecule has 0 aromatic heterocycles. The minimum Gasteiger partial charge on any atom is -0.478 e. The van der Waals surface area contributed by atoms with E-state index in [-0.39, 0.29) is 17.9 Å². The highest BCUT2D eigenvalue weighted by Gasteiger charge is 2.23. The van der Waals surface area contributed by atoms with Crippen molar-refractivity contribution in [3.8, 4) is 11.5 Å². The van der Waals surface area contributed by atoms with Crippen molar-refractivity contribution < 1.29 is 28.5 Å². The van der Waals surface area contributed by atoms with Crippen LogP contribution in [0.25, 0.3) is 0 Å². The number of aromatic carboxylic acids is 1. The Morgan fingerprint density at radius 3 is 2.56 bits per heavy atom. The summed E-state index contributed by atoms with van der Waals surface area (Å²) in [6, 6.07) is 9.67. The van der Waals surface area contributed by atoms with Gasteiger partial charge in [0.25, 0.3) is 0 Å². The maximum atomic E-state index is 12.1. The van der Waals surface area contributed by atoms with Gasteiger partial charge in [0.2, 0.25) is 10.0 Å². The smallest absolute Gasteiger partial charge is 0.335 e. The third-order valence-corrected chi connectivity index (χ3v) is 3.95.